The third-order valence-corrected chi connectivity index (χ3v) is 13.0. The molecule has 1 N–H and O–H groups in total. The summed E-state index contributed by atoms with van der Waals surface area (Å²) in [4.78, 5) is 65.9. The maximum Gasteiger partial charge on any atom is 0.408 e. The summed E-state index contributed by atoms with van der Waals surface area (Å²) in [5.41, 5.74) is 0.341. The molecule has 0 aromatic heterocycles. The Kier molecular flexibility index (Phi) is 20.8. The van der Waals surface area contributed by atoms with E-state index in [1.54, 1.807) is 0 Å². The minimum atomic E-state index is -0.768. The SMILES string of the molecule is C=CCCCC(C)(C)C(NC(=O)OCc1ccccc1)C(=O)OC.C=CCCCC[C@H](CC(=O)[C@@H]1[C@@H]2C(CN1C(=O)[C@@H](C)C(C)(C)CCCCC=C)C2(C)C)C(=O)OC. The molecule has 1 heterocycles. The quantitative estimate of drug-likeness (QED) is 0.0447. The van der Waals surface area contributed by atoms with Crippen molar-refractivity contribution in [1.29, 1.82) is 0 Å². The number of hydrogen-bond acceptors (Lipinski definition) is 8. The summed E-state index contributed by atoms with van der Waals surface area (Å²) in [6.07, 6.45) is 15.1. The van der Waals surface area contributed by atoms with Gasteiger partial charge >= 0.3 is 18.0 Å². The standard InChI is InChI=1S/C30H49NO4.C19H27NO4/c1-9-11-13-15-17-22(28(34)35-8)19-24(32)26-25-23(30(25,6)7)20-31(26)27(33)21(3)29(4,5)18-16-14-12-10-2;1-5-6-10-13-19(2,3)16(17(21)23-4)20-18(22)24-14-15-11-8-7-9-12-15/h9-10,21-23,25-26H,1-2,11-20H2,3-8H3;5,7-9,11-12,16H,1,6,10,13-14H2,2-4H3,(H,20,22)/t21-,22-,23?,25+,26-;/m1./s1. The van der Waals surface area contributed by atoms with Crippen LogP contribution in [0.25, 0.3) is 0 Å². The van der Waals surface area contributed by atoms with E-state index in [0.717, 1.165) is 69.8 Å². The van der Waals surface area contributed by atoms with Crippen LogP contribution in [0.4, 0.5) is 4.79 Å². The molecular weight excluding hydrogens is 745 g/mol. The molecule has 1 aromatic carbocycles. The van der Waals surface area contributed by atoms with Crippen molar-refractivity contribution in [1.82, 2.24) is 10.2 Å². The van der Waals surface area contributed by atoms with E-state index in [-0.39, 0.29) is 53.4 Å². The van der Waals surface area contributed by atoms with E-state index < -0.39 is 35.5 Å². The van der Waals surface area contributed by atoms with Crippen molar-refractivity contribution < 1.29 is 38.2 Å². The van der Waals surface area contributed by atoms with E-state index in [1.807, 2.05) is 74.2 Å². The van der Waals surface area contributed by atoms with Crippen LogP contribution in [-0.4, -0.2) is 67.5 Å². The van der Waals surface area contributed by atoms with Crippen molar-refractivity contribution >= 4 is 29.7 Å². The number of piperidine rings is 1. The number of nitrogens with one attached hydrogen (secondary N) is 1. The average Bonchev–Trinajstić information content (AvgIpc) is 3.50. The number of amides is 2. The van der Waals surface area contributed by atoms with E-state index in [9.17, 15) is 24.0 Å². The molecule has 1 aliphatic heterocycles. The highest BCUT2D eigenvalue weighted by Crippen LogP contribution is 2.65. The molecule has 0 radical (unpaired) electrons. The molecule has 2 unspecified atom stereocenters. The molecule has 59 heavy (non-hydrogen) atoms. The van der Waals surface area contributed by atoms with Crippen molar-refractivity contribution in [3.05, 3.63) is 73.9 Å². The lowest BCUT2D eigenvalue weighted by atomic mass is 9.75. The molecule has 0 spiro atoms. The first-order chi connectivity index (χ1) is 27.8. The van der Waals surface area contributed by atoms with E-state index in [4.69, 9.17) is 14.2 Å². The summed E-state index contributed by atoms with van der Waals surface area (Å²) in [5.74, 6) is -0.782. The zero-order valence-electron chi connectivity index (χ0n) is 37.8. The Labute approximate surface area is 356 Å². The van der Waals surface area contributed by atoms with Crippen LogP contribution in [0.15, 0.2) is 68.3 Å². The molecule has 1 aliphatic carbocycles. The Morgan fingerprint density at radius 3 is 1.97 bits per heavy atom. The lowest BCUT2D eigenvalue weighted by molar-refractivity contribution is -0.149. The fraction of sp³-hybridized carbons (Fsp3) is 0.653. The molecule has 1 saturated heterocycles. The van der Waals surface area contributed by atoms with E-state index in [1.165, 1.54) is 14.2 Å². The molecule has 2 fully saturated rings. The number of rotatable bonds is 25. The van der Waals surface area contributed by atoms with Gasteiger partial charge < -0.3 is 24.4 Å². The molecule has 3 rings (SSSR count). The number of benzene rings is 1. The maximum atomic E-state index is 13.7. The van der Waals surface area contributed by atoms with Gasteiger partial charge in [-0.05, 0) is 91.4 Å². The van der Waals surface area contributed by atoms with Gasteiger partial charge in [0.2, 0.25) is 5.91 Å². The molecule has 0 bridgehead atoms. The Morgan fingerprint density at radius 2 is 1.39 bits per heavy atom. The van der Waals surface area contributed by atoms with Crippen LogP contribution >= 0.6 is 0 Å². The number of Topliss-reactive ketones (excluding diaryl/α,β-unsaturated/α-hetero) is 1. The predicted octanol–water partition coefficient (Wildman–Crippen LogP) is 10.2. The van der Waals surface area contributed by atoms with Crippen LogP contribution in [0.5, 0.6) is 0 Å². The highest BCUT2D eigenvalue weighted by molar-refractivity contribution is 5.93. The zero-order chi connectivity index (χ0) is 44.4. The fourth-order valence-corrected chi connectivity index (χ4v) is 8.48. The van der Waals surface area contributed by atoms with Gasteiger partial charge in [0.25, 0.3) is 0 Å². The largest absolute Gasteiger partial charge is 0.469 e. The lowest BCUT2D eigenvalue weighted by Gasteiger charge is -2.38. The number of alkyl carbamates (subject to hydrolysis) is 1. The van der Waals surface area contributed by atoms with E-state index in [0.29, 0.717) is 18.9 Å². The fourth-order valence-electron chi connectivity index (χ4n) is 8.48. The molecule has 1 saturated carbocycles. The molecule has 10 heteroatoms. The normalized spacial score (nSPS) is 19.3. The average molecular weight is 821 g/mol. The number of ether oxygens (including phenoxy) is 3. The number of allylic oxidation sites excluding steroid dienone is 3. The van der Waals surface area contributed by atoms with Crippen LogP contribution in [0.2, 0.25) is 0 Å². The van der Waals surface area contributed by atoms with Gasteiger partial charge in [0, 0.05) is 18.9 Å². The molecular formula is C49H76N2O8. The number of unbranched alkanes of at least 4 members (excludes halogenated alkanes) is 5. The summed E-state index contributed by atoms with van der Waals surface area (Å²) in [6, 6.07) is 8.17. The Hall–Kier alpha value is -4.21. The third kappa shape index (κ3) is 15.1. The van der Waals surface area contributed by atoms with Gasteiger partial charge in [-0.1, -0.05) is 110 Å². The first-order valence-electron chi connectivity index (χ1n) is 21.6. The molecule has 6 atom stereocenters. The Bertz CT molecular complexity index is 1550. The van der Waals surface area contributed by atoms with Crippen molar-refractivity contribution in [3.8, 4) is 0 Å². The lowest BCUT2D eigenvalue weighted by Crippen LogP contribution is -2.51. The minimum Gasteiger partial charge on any atom is -0.469 e. The first kappa shape index (κ1) is 50.9. The summed E-state index contributed by atoms with van der Waals surface area (Å²) < 4.78 is 15.1. The van der Waals surface area contributed by atoms with E-state index in [2.05, 4.69) is 52.7 Å². The van der Waals surface area contributed by atoms with Crippen molar-refractivity contribution in [2.75, 3.05) is 20.8 Å². The van der Waals surface area contributed by atoms with Crippen molar-refractivity contribution in [3.63, 3.8) is 0 Å². The smallest absolute Gasteiger partial charge is 0.408 e. The first-order valence-corrected chi connectivity index (χ1v) is 21.6. The monoisotopic (exact) mass is 821 g/mol. The number of hydrogen-bond donors (Lipinski definition) is 1. The van der Waals surface area contributed by atoms with Gasteiger partial charge in [-0.2, -0.15) is 0 Å². The predicted molar refractivity (Wildman–Crippen MR) is 235 cm³/mol. The summed E-state index contributed by atoms with van der Waals surface area (Å²) >= 11 is 0. The van der Waals surface area contributed by atoms with Crippen LogP contribution in [0.1, 0.15) is 131 Å². The van der Waals surface area contributed by atoms with E-state index >= 15 is 0 Å². The van der Waals surface area contributed by atoms with Gasteiger partial charge in [0.05, 0.1) is 26.2 Å². The van der Waals surface area contributed by atoms with Gasteiger partial charge in [-0.3, -0.25) is 14.4 Å². The van der Waals surface area contributed by atoms with Crippen molar-refractivity contribution in [2.24, 2.45) is 39.9 Å². The molecule has 10 nitrogen and oxygen atoms in total. The van der Waals surface area contributed by atoms with Crippen LogP contribution in [-0.2, 0) is 40.0 Å². The molecule has 330 valence electrons. The number of likely N-dealkylation sites (tertiary alicyclic amines) is 1. The maximum absolute atomic E-state index is 13.7. The summed E-state index contributed by atoms with van der Waals surface area (Å²) in [5, 5.41) is 2.64. The minimum absolute atomic E-state index is 0.0199. The number of carbonyl (C=O) groups excluding carboxylic acids is 5. The number of nitrogens with zero attached hydrogens (tertiary/aromatic N) is 1. The van der Waals surface area contributed by atoms with Gasteiger partial charge in [-0.25, -0.2) is 9.59 Å². The number of fused-ring (bicyclic) bond motifs is 1. The van der Waals surface area contributed by atoms with Crippen LogP contribution in [0.3, 0.4) is 0 Å². The van der Waals surface area contributed by atoms with Crippen LogP contribution < -0.4 is 5.32 Å². The Morgan fingerprint density at radius 1 is 0.831 bits per heavy atom. The molecule has 1 aromatic rings. The number of esters is 2. The summed E-state index contributed by atoms with van der Waals surface area (Å²) in [7, 11) is 2.69. The van der Waals surface area contributed by atoms with Gasteiger partial charge in [0.15, 0.2) is 5.78 Å². The number of carbonyl (C=O) groups is 5. The second kappa shape index (κ2) is 24.1. The molecule has 2 amide bonds. The second-order valence-electron chi connectivity index (χ2n) is 18.4. The van der Waals surface area contributed by atoms with Crippen LogP contribution in [0, 0.1) is 39.9 Å². The zero-order valence-corrected chi connectivity index (χ0v) is 37.8. The van der Waals surface area contributed by atoms with Gasteiger partial charge in [-0.15, -0.1) is 19.7 Å². The highest BCUT2D eigenvalue weighted by Gasteiger charge is 2.69. The molecule has 2 aliphatic rings. The Balaban J connectivity index is 0.000000437. The third-order valence-electron chi connectivity index (χ3n) is 13.0. The number of ketones is 1. The van der Waals surface area contributed by atoms with Crippen molar-refractivity contribution in [2.45, 2.75) is 144 Å². The highest BCUT2D eigenvalue weighted by atomic mass is 16.6. The summed E-state index contributed by atoms with van der Waals surface area (Å²) in [6.45, 7) is 26.6. The number of methoxy groups -OCH3 is 2. The van der Waals surface area contributed by atoms with Gasteiger partial charge in [0.1, 0.15) is 12.6 Å². The second-order valence-corrected chi connectivity index (χ2v) is 18.4. The topological polar surface area (TPSA) is 128 Å².